The van der Waals surface area contributed by atoms with Gasteiger partial charge < -0.3 is 9.64 Å². The number of hydrogen-bond acceptors (Lipinski definition) is 3. The maximum atomic E-state index is 12.9. The maximum Gasteiger partial charge on any atom is 0.257 e. The number of nitrogens with one attached hydrogen (secondary N) is 1. The number of nitrogens with zero attached hydrogens (tertiary/aromatic N) is 2. The molecule has 1 fully saturated rings. The summed E-state index contributed by atoms with van der Waals surface area (Å²) in [4.78, 5) is 14.8. The SMILES string of the molecule is CCOc1ccc(-c2[nH]ncc2C(=O)N2CCCCCC2)cc1Cl. The lowest BCUT2D eigenvalue weighted by atomic mass is 10.1. The monoisotopic (exact) mass is 347 g/mol. The van der Waals surface area contributed by atoms with E-state index in [1.165, 1.54) is 12.8 Å². The van der Waals surface area contributed by atoms with Crippen molar-refractivity contribution >= 4 is 17.5 Å². The van der Waals surface area contributed by atoms with Crippen molar-refractivity contribution in [3.05, 3.63) is 35.0 Å². The molecule has 1 aliphatic heterocycles. The fraction of sp³-hybridized carbons (Fsp3) is 0.444. The number of hydrogen-bond donors (Lipinski definition) is 1. The highest BCUT2D eigenvalue weighted by Crippen LogP contribution is 2.31. The van der Waals surface area contributed by atoms with E-state index in [1.54, 1.807) is 12.3 Å². The van der Waals surface area contributed by atoms with E-state index in [9.17, 15) is 4.79 Å². The minimum Gasteiger partial charge on any atom is -0.492 e. The van der Waals surface area contributed by atoms with Gasteiger partial charge in [-0.1, -0.05) is 24.4 Å². The zero-order chi connectivity index (χ0) is 16.9. The van der Waals surface area contributed by atoms with Gasteiger partial charge in [-0.05, 0) is 38.0 Å². The third-order valence-corrected chi connectivity index (χ3v) is 4.58. The number of carbonyl (C=O) groups is 1. The van der Waals surface area contributed by atoms with E-state index in [0.717, 1.165) is 31.5 Å². The quantitative estimate of drug-likeness (QED) is 0.904. The van der Waals surface area contributed by atoms with Crippen LogP contribution in [0.1, 0.15) is 43.0 Å². The minimum absolute atomic E-state index is 0.0330. The lowest BCUT2D eigenvalue weighted by molar-refractivity contribution is 0.0762. The van der Waals surface area contributed by atoms with Crippen molar-refractivity contribution in [3.8, 4) is 17.0 Å². The molecule has 1 amide bonds. The molecule has 128 valence electrons. The number of carbonyl (C=O) groups excluding carboxylic acids is 1. The molecule has 1 aromatic heterocycles. The number of H-pyrrole nitrogens is 1. The van der Waals surface area contributed by atoms with Gasteiger partial charge in [0.1, 0.15) is 5.75 Å². The van der Waals surface area contributed by atoms with Gasteiger partial charge in [0.15, 0.2) is 0 Å². The molecule has 5 nitrogen and oxygen atoms in total. The Morgan fingerprint density at radius 3 is 2.71 bits per heavy atom. The smallest absolute Gasteiger partial charge is 0.257 e. The van der Waals surface area contributed by atoms with E-state index in [0.29, 0.717) is 28.6 Å². The zero-order valence-electron chi connectivity index (χ0n) is 13.8. The van der Waals surface area contributed by atoms with Crippen molar-refractivity contribution in [2.45, 2.75) is 32.6 Å². The molecule has 1 aliphatic rings. The van der Waals surface area contributed by atoms with Crippen molar-refractivity contribution in [1.82, 2.24) is 15.1 Å². The molecule has 0 saturated carbocycles. The number of aromatic nitrogens is 2. The Balaban J connectivity index is 1.87. The minimum atomic E-state index is 0.0330. The average Bonchev–Trinajstić information content (AvgIpc) is 2.91. The van der Waals surface area contributed by atoms with Gasteiger partial charge >= 0.3 is 0 Å². The van der Waals surface area contributed by atoms with Crippen molar-refractivity contribution in [2.75, 3.05) is 19.7 Å². The molecule has 1 N–H and O–H groups in total. The first-order valence-corrected chi connectivity index (χ1v) is 8.84. The molecule has 2 aromatic rings. The van der Waals surface area contributed by atoms with E-state index in [2.05, 4.69) is 10.2 Å². The van der Waals surface area contributed by atoms with Crippen LogP contribution in [0.25, 0.3) is 11.3 Å². The van der Waals surface area contributed by atoms with Crippen molar-refractivity contribution in [1.29, 1.82) is 0 Å². The first-order chi connectivity index (χ1) is 11.7. The average molecular weight is 348 g/mol. The molecule has 2 heterocycles. The summed E-state index contributed by atoms with van der Waals surface area (Å²) in [6.07, 6.45) is 6.11. The standard InChI is InChI=1S/C18H22ClN3O2/c1-2-24-16-8-7-13(11-15(16)19)17-14(12-20-21-17)18(23)22-9-5-3-4-6-10-22/h7-8,11-12H,2-6,9-10H2,1H3,(H,20,21). The van der Waals surface area contributed by atoms with Crippen LogP contribution in [-0.4, -0.2) is 40.7 Å². The second kappa shape index (κ2) is 7.71. The van der Waals surface area contributed by atoms with E-state index in [4.69, 9.17) is 16.3 Å². The van der Waals surface area contributed by atoms with E-state index >= 15 is 0 Å². The van der Waals surface area contributed by atoms with Crippen LogP contribution in [0.15, 0.2) is 24.4 Å². The molecule has 0 radical (unpaired) electrons. The summed E-state index contributed by atoms with van der Waals surface area (Å²) in [7, 11) is 0. The Morgan fingerprint density at radius 2 is 2.04 bits per heavy atom. The van der Waals surface area contributed by atoms with Crippen LogP contribution in [0.5, 0.6) is 5.75 Å². The fourth-order valence-electron chi connectivity index (χ4n) is 3.04. The molecule has 1 aromatic carbocycles. The lowest BCUT2D eigenvalue weighted by Gasteiger charge is -2.20. The Morgan fingerprint density at radius 1 is 1.29 bits per heavy atom. The first kappa shape index (κ1) is 16.8. The van der Waals surface area contributed by atoms with Crippen LogP contribution in [0.4, 0.5) is 0 Å². The summed E-state index contributed by atoms with van der Waals surface area (Å²) in [6, 6.07) is 5.52. The van der Waals surface area contributed by atoms with Gasteiger partial charge in [0.25, 0.3) is 5.91 Å². The Labute approximate surface area is 147 Å². The number of ether oxygens (including phenoxy) is 1. The molecule has 0 unspecified atom stereocenters. The van der Waals surface area contributed by atoms with E-state index in [-0.39, 0.29) is 5.91 Å². The lowest BCUT2D eigenvalue weighted by Crippen LogP contribution is -2.31. The van der Waals surface area contributed by atoms with Gasteiger partial charge in [-0.15, -0.1) is 0 Å². The predicted molar refractivity (Wildman–Crippen MR) is 94.6 cm³/mol. The van der Waals surface area contributed by atoms with Gasteiger partial charge in [0.2, 0.25) is 0 Å². The molecule has 1 saturated heterocycles. The van der Waals surface area contributed by atoms with Gasteiger partial charge in [-0.25, -0.2) is 0 Å². The van der Waals surface area contributed by atoms with Crippen LogP contribution in [0.2, 0.25) is 5.02 Å². The summed E-state index contributed by atoms with van der Waals surface area (Å²) in [5, 5.41) is 7.54. The molecule has 0 bridgehead atoms. The van der Waals surface area contributed by atoms with Crippen molar-refractivity contribution in [2.24, 2.45) is 0 Å². The summed E-state index contributed by atoms with van der Waals surface area (Å²) < 4.78 is 5.46. The molecular formula is C18H22ClN3O2. The summed E-state index contributed by atoms with van der Waals surface area (Å²) >= 11 is 6.27. The normalized spacial score (nSPS) is 15.2. The highest BCUT2D eigenvalue weighted by molar-refractivity contribution is 6.32. The highest BCUT2D eigenvalue weighted by atomic mass is 35.5. The summed E-state index contributed by atoms with van der Waals surface area (Å²) in [6.45, 7) is 4.10. The second-order valence-electron chi connectivity index (χ2n) is 5.94. The van der Waals surface area contributed by atoms with Gasteiger partial charge in [-0.2, -0.15) is 5.10 Å². The van der Waals surface area contributed by atoms with E-state index in [1.807, 2.05) is 24.0 Å². The molecular weight excluding hydrogens is 326 g/mol. The predicted octanol–water partition coefficient (Wildman–Crippen LogP) is 4.15. The maximum absolute atomic E-state index is 12.9. The molecule has 0 atom stereocenters. The highest BCUT2D eigenvalue weighted by Gasteiger charge is 2.22. The number of likely N-dealkylation sites (tertiary alicyclic amines) is 1. The zero-order valence-corrected chi connectivity index (χ0v) is 14.6. The number of halogens is 1. The van der Waals surface area contributed by atoms with E-state index < -0.39 is 0 Å². The van der Waals surface area contributed by atoms with Crippen molar-refractivity contribution < 1.29 is 9.53 Å². The van der Waals surface area contributed by atoms with Gasteiger partial charge in [0, 0.05) is 18.7 Å². The molecule has 0 aliphatic carbocycles. The largest absolute Gasteiger partial charge is 0.492 e. The topological polar surface area (TPSA) is 58.2 Å². The van der Waals surface area contributed by atoms with Crippen LogP contribution in [0, 0.1) is 0 Å². The number of benzene rings is 1. The molecule has 6 heteroatoms. The number of rotatable bonds is 4. The third kappa shape index (κ3) is 3.56. The molecule has 3 rings (SSSR count). The number of aromatic amines is 1. The third-order valence-electron chi connectivity index (χ3n) is 4.28. The first-order valence-electron chi connectivity index (χ1n) is 8.46. The molecule has 24 heavy (non-hydrogen) atoms. The number of amides is 1. The van der Waals surface area contributed by atoms with Crippen molar-refractivity contribution in [3.63, 3.8) is 0 Å². The Bertz CT molecular complexity index is 706. The van der Waals surface area contributed by atoms with Crippen LogP contribution >= 0.6 is 11.6 Å². The summed E-state index contributed by atoms with van der Waals surface area (Å²) in [5.41, 5.74) is 2.13. The van der Waals surface area contributed by atoms with Gasteiger partial charge in [0.05, 0.1) is 29.1 Å². The summed E-state index contributed by atoms with van der Waals surface area (Å²) in [5.74, 6) is 0.675. The molecule has 0 spiro atoms. The van der Waals surface area contributed by atoms with Crippen LogP contribution < -0.4 is 4.74 Å². The van der Waals surface area contributed by atoms with Gasteiger partial charge in [-0.3, -0.25) is 9.89 Å². The van der Waals surface area contributed by atoms with Crippen LogP contribution in [0.3, 0.4) is 0 Å². The Hall–Kier alpha value is -2.01. The second-order valence-corrected chi connectivity index (χ2v) is 6.35. The van der Waals surface area contributed by atoms with Crippen LogP contribution in [-0.2, 0) is 0 Å². The Kier molecular flexibility index (Phi) is 5.41. The fourth-order valence-corrected chi connectivity index (χ4v) is 3.28.